The quantitative estimate of drug-likeness (QED) is 0.822. The number of amides is 1. The first-order chi connectivity index (χ1) is 8.32. The van der Waals surface area contributed by atoms with Crippen LogP contribution in [-0.4, -0.2) is 61.5 Å². The zero-order valence-electron chi connectivity index (χ0n) is 12.6. The highest BCUT2D eigenvalue weighted by molar-refractivity contribution is 5.78. The van der Waals surface area contributed by atoms with Crippen LogP contribution in [0.4, 0.5) is 0 Å². The molecule has 0 saturated carbocycles. The van der Waals surface area contributed by atoms with E-state index >= 15 is 0 Å². The molecule has 0 radical (unpaired) electrons. The predicted octanol–water partition coefficient (Wildman–Crippen LogP) is 1.17. The predicted molar refractivity (Wildman–Crippen MR) is 75.6 cm³/mol. The third-order valence-corrected chi connectivity index (χ3v) is 4.02. The summed E-state index contributed by atoms with van der Waals surface area (Å²) < 4.78 is 0. The van der Waals surface area contributed by atoms with E-state index in [1.807, 2.05) is 11.9 Å². The number of rotatable bonds is 3. The van der Waals surface area contributed by atoms with Crippen molar-refractivity contribution in [2.75, 3.05) is 39.8 Å². The number of hydrogen-bond donors (Lipinski definition) is 1. The SMILES string of the molecule is CC(N(C)C(=O)CN1CCCNCC1)C(C)(C)C. The second-order valence-corrected chi connectivity index (χ2v) is 6.43. The van der Waals surface area contributed by atoms with Crippen molar-refractivity contribution < 1.29 is 4.79 Å². The van der Waals surface area contributed by atoms with Gasteiger partial charge in [-0.3, -0.25) is 9.69 Å². The maximum atomic E-state index is 12.3. The average molecular weight is 255 g/mol. The Labute approximate surface area is 112 Å². The molecule has 1 saturated heterocycles. The molecule has 4 nitrogen and oxygen atoms in total. The Morgan fingerprint density at radius 1 is 1.33 bits per heavy atom. The molecule has 1 aliphatic heterocycles. The third kappa shape index (κ3) is 4.58. The van der Waals surface area contributed by atoms with Gasteiger partial charge in [0.1, 0.15) is 0 Å². The normalized spacial score (nSPS) is 20.3. The van der Waals surface area contributed by atoms with Crippen LogP contribution in [0.3, 0.4) is 0 Å². The summed E-state index contributed by atoms with van der Waals surface area (Å²) in [7, 11) is 1.92. The molecule has 0 spiro atoms. The molecule has 106 valence electrons. The molecule has 0 aromatic rings. The first-order valence-corrected chi connectivity index (χ1v) is 7.01. The summed E-state index contributed by atoms with van der Waals surface area (Å²) in [5.74, 6) is 0.235. The van der Waals surface area contributed by atoms with Gasteiger partial charge < -0.3 is 10.2 Å². The molecule has 1 fully saturated rings. The zero-order valence-corrected chi connectivity index (χ0v) is 12.6. The molecule has 0 aliphatic carbocycles. The van der Waals surface area contributed by atoms with E-state index in [0.717, 1.165) is 32.6 Å². The van der Waals surface area contributed by atoms with Gasteiger partial charge >= 0.3 is 0 Å². The number of nitrogens with one attached hydrogen (secondary N) is 1. The van der Waals surface area contributed by atoms with Gasteiger partial charge in [0.05, 0.1) is 6.54 Å². The first kappa shape index (κ1) is 15.4. The summed E-state index contributed by atoms with van der Waals surface area (Å²) in [6, 6.07) is 0.259. The molecule has 1 atom stereocenters. The van der Waals surface area contributed by atoms with E-state index in [0.29, 0.717) is 6.54 Å². The van der Waals surface area contributed by atoms with E-state index in [9.17, 15) is 4.79 Å². The molecule has 1 N–H and O–H groups in total. The van der Waals surface area contributed by atoms with Gasteiger partial charge in [-0.2, -0.15) is 0 Å². The van der Waals surface area contributed by atoms with Crippen molar-refractivity contribution in [2.45, 2.75) is 40.2 Å². The van der Waals surface area contributed by atoms with Crippen LogP contribution in [0.1, 0.15) is 34.1 Å². The Bertz CT molecular complexity index is 265. The van der Waals surface area contributed by atoms with Gasteiger partial charge in [-0.15, -0.1) is 0 Å². The molecule has 0 aromatic carbocycles. The molecular weight excluding hydrogens is 226 g/mol. The van der Waals surface area contributed by atoms with Gasteiger partial charge in [-0.05, 0) is 31.8 Å². The summed E-state index contributed by atoms with van der Waals surface area (Å²) in [6.07, 6.45) is 1.13. The van der Waals surface area contributed by atoms with Gasteiger partial charge in [0.25, 0.3) is 0 Å². The van der Waals surface area contributed by atoms with Gasteiger partial charge in [0.2, 0.25) is 5.91 Å². The molecule has 1 unspecified atom stereocenters. The van der Waals surface area contributed by atoms with Crippen molar-refractivity contribution in [3.63, 3.8) is 0 Å². The van der Waals surface area contributed by atoms with Crippen molar-refractivity contribution in [3.05, 3.63) is 0 Å². The summed E-state index contributed by atoms with van der Waals surface area (Å²) in [5.41, 5.74) is 0.130. The van der Waals surface area contributed by atoms with Crippen LogP contribution in [-0.2, 0) is 4.79 Å². The fourth-order valence-corrected chi connectivity index (χ4v) is 2.16. The molecule has 1 rings (SSSR count). The summed E-state index contributed by atoms with van der Waals surface area (Å²) in [4.78, 5) is 16.4. The first-order valence-electron chi connectivity index (χ1n) is 7.01. The fourth-order valence-electron chi connectivity index (χ4n) is 2.16. The van der Waals surface area contributed by atoms with Crippen LogP contribution in [0.15, 0.2) is 0 Å². The van der Waals surface area contributed by atoms with E-state index in [1.54, 1.807) is 0 Å². The molecule has 1 aliphatic rings. The Hall–Kier alpha value is -0.610. The Morgan fingerprint density at radius 3 is 2.61 bits per heavy atom. The number of carbonyl (C=O) groups excluding carboxylic acids is 1. The van der Waals surface area contributed by atoms with Crippen LogP contribution in [0, 0.1) is 5.41 Å². The standard InChI is InChI=1S/C14H29N3O/c1-12(14(2,3)4)16(5)13(18)11-17-9-6-7-15-8-10-17/h12,15H,6-11H2,1-5H3. The lowest BCUT2D eigenvalue weighted by Gasteiger charge is -2.36. The number of likely N-dealkylation sites (N-methyl/N-ethyl adjacent to an activating group) is 1. The van der Waals surface area contributed by atoms with Crippen molar-refractivity contribution in [1.29, 1.82) is 0 Å². The van der Waals surface area contributed by atoms with E-state index < -0.39 is 0 Å². The van der Waals surface area contributed by atoms with Crippen LogP contribution >= 0.6 is 0 Å². The van der Waals surface area contributed by atoms with Crippen LogP contribution < -0.4 is 5.32 Å². The monoisotopic (exact) mass is 255 g/mol. The van der Waals surface area contributed by atoms with Crippen molar-refractivity contribution in [1.82, 2.24) is 15.1 Å². The van der Waals surface area contributed by atoms with Gasteiger partial charge in [-0.25, -0.2) is 0 Å². The van der Waals surface area contributed by atoms with E-state index in [-0.39, 0.29) is 17.4 Å². The minimum absolute atomic E-state index is 0.130. The van der Waals surface area contributed by atoms with Crippen molar-refractivity contribution in [2.24, 2.45) is 5.41 Å². The minimum atomic E-state index is 0.130. The van der Waals surface area contributed by atoms with Gasteiger partial charge in [0, 0.05) is 26.2 Å². The van der Waals surface area contributed by atoms with Crippen LogP contribution in [0.25, 0.3) is 0 Å². The molecule has 1 heterocycles. The third-order valence-electron chi connectivity index (χ3n) is 4.02. The summed E-state index contributed by atoms with van der Waals surface area (Å²) in [5, 5.41) is 3.36. The molecule has 0 aromatic heterocycles. The topological polar surface area (TPSA) is 35.6 Å². The molecule has 4 heteroatoms. The minimum Gasteiger partial charge on any atom is -0.341 e. The average Bonchev–Trinajstić information content (AvgIpc) is 2.54. The fraction of sp³-hybridized carbons (Fsp3) is 0.929. The van der Waals surface area contributed by atoms with E-state index in [1.165, 1.54) is 0 Å². The van der Waals surface area contributed by atoms with Crippen LogP contribution in [0.5, 0.6) is 0 Å². The highest BCUT2D eigenvalue weighted by Gasteiger charge is 2.27. The van der Waals surface area contributed by atoms with Gasteiger partial charge in [0.15, 0.2) is 0 Å². The van der Waals surface area contributed by atoms with Crippen molar-refractivity contribution in [3.8, 4) is 0 Å². The molecule has 0 bridgehead atoms. The van der Waals surface area contributed by atoms with Crippen LogP contribution in [0.2, 0.25) is 0 Å². The molecular formula is C14H29N3O. The lowest BCUT2D eigenvalue weighted by molar-refractivity contribution is -0.134. The second kappa shape index (κ2) is 6.53. The number of hydrogen-bond acceptors (Lipinski definition) is 3. The number of carbonyl (C=O) groups is 1. The highest BCUT2D eigenvalue weighted by atomic mass is 16.2. The lowest BCUT2D eigenvalue weighted by atomic mass is 9.87. The Kier molecular flexibility index (Phi) is 5.60. The summed E-state index contributed by atoms with van der Waals surface area (Å²) in [6.45, 7) is 13.3. The lowest BCUT2D eigenvalue weighted by Crippen LogP contribution is -2.47. The maximum absolute atomic E-state index is 12.3. The van der Waals surface area contributed by atoms with E-state index in [2.05, 4.69) is 37.9 Å². The Morgan fingerprint density at radius 2 is 2.00 bits per heavy atom. The zero-order chi connectivity index (χ0) is 13.8. The van der Waals surface area contributed by atoms with E-state index in [4.69, 9.17) is 0 Å². The number of nitrogens with zero attached hydrogens (tertiary/aromatic N) is 2. The highest BCUT2D eigenvalue weighted by Crippen LogP contribution is 2.23. The summed E-state index contributed by atoms with van der Waals surface area (Å²) >= 11 is 0. The smallest absolute Gasteiger partial charge is 0.236 e. The maximum Gasteiger partial charge on any atom is 0.236 e. The second-order valence-electron chi connectivity index (χ2n) is 6.43. The van der Waals surface area contributed by atoms with Gasteiger partial charge in [-0.1, -0.05) is 20.8 Å². The Balaban J connectivity index is 2.48. The largest absolute Gasteiger partial charge is 0.341 e. The molecule has 1 amide bonds. The van der Waals surface area contributed by atoms with Crippen molar-refractivity contribution >= 4 is 5.91 Å². The molecule has 18 heavy (non-hydrogen) atoms.